The second kappa shape index (κ2) is 14.5. The second-order valence-corrected chi connectivity index (χ2v) is 21.7. The maximum absolute atomic E-state index is 10.5. The summed E-state index contributed by atoms with van der Waals surface area (Å²) in [5.74, 6) is 11.8. The van der Waals surface area contributed by atoms with Crippen LogP contribution in [0.25, 0.3) is 0 Å². The molecule has 0 amide bonds. The van der Waals surface area contributed by atoms with Gasteiger partial charge in [-0.3, -0.25) is 0 Å². The zero-order valence-electron chi connectivity index (χ0n) is 24.0. The zero-order valence-corrected chi connectivity index (χ0v) is 26.0. The Hall–Kier alpha value is -1.09. The van der Waals surface area contributed by atoms with Gasteiger partial charge in [0.2, 0.25) is 0 Å². The topological polar surface area (TPSA) is 38.7 Å². The minimum absolute atomic E-state index is 0.0838. The molecule has 0 spiro atoms. The van der Waals surface area contributed by atoms with E-state index in [9.17, 15) is 5.11 Å². The lowest BCUT2D eigenvalue weighted by atomic mass is 10.1. The van der Waals surface area contributed by atoms with Crippen molar-refractivity contribution < 1.29 is 14.0 Å². The van der Waals surface area contributed by atoms with Crippen LogP contribution in [0.15, 0.2) is 24.8 Å². The predicted octanol–water partition coefficient (Wildman–Crippen LogP) is 7.85. The summed E-state index contributed by atoms with van der Waals surface area (Å²) in [6.45, 7) is 27.7. The summed E-state index contributed by atoms with van der Waals surface area (Å²) in [6, 6.07) is 0. The van der Waals surface area contributed by atoms with E-state index in [2.05, 4.69) is 110 Å². The highest BCUT2D eigenvalue weighted by Crippen LogP contribution is 2.38. The fourth-order valence-electron chi connectivity index (χ4n) is 2.60. The first-order chi connectivity index (χ1) is 15.4. The van der Waals surface area contributed by atoms with Crippen molar-refractivity contribution in [1.82, 2.24) is 0 Å². The quantitative estimate of drug-likeness (QED) is 0.127. The summed E-state index contributed by atoms with van der Waals surface area (Å²) in [5.41, 5.74) is 0. The molecule has 0 aliphatic heterocycles. The highest BCUT2D eigenvalue weighted by Gasteiger charge is 2.40. The molecule has 0 bridgehead atoms. The first kappa shape index (κ1) is 32.9. The number of hydrogen-bond acceptors (Lipinski definition) is 3. The number of aliphatic hydroxyl groups excluding tert-OH is 1. The number of rotatable bonds is 12. The molecule has 34 heavy (non-hydrogen) atoms. The van der Waals surface area contributed by atoms with Gasteiger partial charge in [0.15, 0.2) is 16.6 Å². The van der Waals surface area contributed by atoms with Crippen molar-refractivity contribution in [3.63, 3.8) is 0 Å². The Morgan fingerprint density at radius 2 is 1.32 bits per heavy atom. The summed E-state index contributed by atoms with van der Waals surface area (Å²) in [5, 5.41) is 10.7. The van der Waals surface area contributed by atoms with E-state index in [1.807, 2.05) is 13.0 Å². The number of hydrogen-bond donors (Lipinski definition) is 1. The van der Waals surface area contributed by atoms with Gasteiger partial charge in [-0.2, -0.15) is 0 Å². The van der Waals surface area contributed by atoms with Crippen LogP contribution in [-0.2, 0) is 8.85 Å². The molecule has 0 radical (unpaired) electrons. The lowest BCUT2D eigenvalue weighted by Gasteiger charge is -2.38. The summed E-state index contributed by atoms with van der Waals surface area (Å²) >= 11 is 0. The largest absolute Gasteiger partial charge is 0.411 e. The Labute approximate surface area is 214 Å². The Morgan fingerprint density at radius 1 is 0.824 bits per heavy atom. The van der Waals surface area contributed by atoms with Crippen LogP contribution in [0.4, 0.5) is 0 Å². The van der Waals surface area contributed by atoms with Crippen LogP contribution in [0.2, 0.25) is 36.3 Å². The molecule has 1 N–H and O–H groups in total. The zero-order chi connectivity index (χ0) is 26.6. The number of aliphatic hydroxyl groups is 1. The van der Waals surface area contributed by atoms with E-state index in [0.717, 1.165) is 19.3 Å². The van der Waals surface area contributed by atoms with Gasteiger partial charge in [-0.1, -0.05) is 72.0 Å². The molecule has 0 aliphatic carbocycles. The van der Waals surface area contributed by atoms with Gasteiger partial charge >= 0.3 is 0 Å². The van der Waals surface area contributed by atoms with Crippen molar-refractivity contribution in [2.45, 2.75) is 135 Å². The van der Waals surface area contributed by atoms with Crippen LogP contribution in [0.1, 0.15) is 80.6 Å². The Kier molecular flexibility index (Phi) is 14.0. The summed E-state index contributed by atoms with van der Waals surface area (Å²) < 4.78 is 12.8. The molecule has 0 heterocycles. The second-order valence-electron chi connectivity index (χ2n) is 12.2. The van der Waals surface area contributed by atoms with Gasteiger partial charge < -0.3 is 14.0 Å². The average molecular weight is 505 g/mol. The average Bonchev–Trinajstić information content (AvgIpc) is 2.67. The molecule has 0 aromatic rings. The Bertz CT molecular complexity index is 762. The highest BCUT2D eigenvalue weighted by molar-refractivity contribution is 6.74. The van der Waals surface area contributed by atoms with Gasteiger partial charge in [0.25, 0.3) is 0 Å². The van der Waals surface area contributed by atoms with Crippen LogP contribution >= 0.6 is 0 Å². The smallest absolute Gasteiger partial charge is 0.194 e. The van der Waals surface area contributed by atoms with Crippen LogP contribution in [0, 0.1) is 23.7 Å². The molecule has 0 aliphatic rings. The van der Waals surface area contributed by atoms with Crippen LogP contribution < -0.4 is 0 Å². The molecular weight excluding hydrogens is 452 g/mol. The summed E-state index contributed by atoms with van der Waals surface area (Å²) in [6.07, 6.45) is 10.4. The van der Waals surface area contributed by atoms with E-state index in [1.54, 1.807) is 0 Å². The van der Waals surface area contributed by atoms with Crippen molar-refractivity contribution in [3.05, 3.63) is 24.8 Å². The third-order valence-corrected chi connectivity index (χ3v) is 16.1. The first-order valence-electron chi connectivity index (χ1n) is 12.8. The van der Waals surface area contributed by atoms with Gasteiger partial charge in [-0.05, 0) is 86.8 Å². The number of allylic oxidation sites excluding steroid dienone is 2. The molecular formula is C29H52O3Si2. The fraction of sp³-hybridized carbons (Fsp3) is 0.724. The first-order valence-corrected chi connectivity index (χ1v) is 18.6. The molecule has 3 nitrogen and oxygen atoms in total. The lowest BCUT2D eigenvalue weighted by molar-refractivity contribution is 0.0751. The van der Waals surface area contributed by atoms with E-state index in [-0.39, 0.29) is 22.3 Å². The van der Waals surface area contributed by atoms with Crippen LogP contribution in [-0.4, -0.2) is 40.1 Å². The van der Waals surface area contributed by atoms with Crippen molar-refractivity contribution in [2.75, 3.05) is 0 Å². The van der Waals surface area contributed by atoms with E-state index in [4.69, 9.17) is 8.85 Å². The fourth-order valence-corrected chi connectivity index (χ4v) is 5.14. The maximum Gasteiger partial charge on any atom is 0.194 e. The van der Waals surface area contributed by atoms with Gasteiger partial charge in [0, 0.05) is 0 Å². The van der Waals surface area contributed by atoms with Gasteiger partial charge in [-0.25, -0.2) is 0 Å². The molecule has 194 valence electrons. The number of unbranched alkanes of at least 4 members (excludes halogenated alkanes) is 4. The van der Waals surface area contributed by atoms with Gasteiger partial charge in [-0.15, -0.1) is 6.58 Å². The predicted molar refractivity (Wildman–Crippen MR) is 154 cm³/mol. The van der Waals surface area contributed by atoms with Crippen LogP contribution in [0.5, 0.6) is 0 Å². The van der Waals surface area contributed by atoms with E-state index >= 15 is 0 Å². The van der Waals surface area contributed by atoms with E-state index in [1.165, 1.54) is 12.8 Å². The van der Waals surface area contributed by atoms with E-state index in [0.29, 0.717) is 0 Å². The summed E-state index contributed by atoms with van der Waals surface area (Å²) in [7, 11) is -3.94. The Morgan fingerprint density at radius 3 is 1.85 bits per heavy atom. The monoisotopic (exact) mass is 504 g/mol. The third kappa shape index (κ3) is 12.6. The standard InChI is InChI=1S/C29H52O3Si2/c1-13-14-15-16-17-18-19-22-26(32-34(11,12)29(6,7)8)23-20-21-24-27(30)25(2)31-33(9,10)28(3,4)5/h13,19,22,25-27,30H,1,14-18H2,2-12H3/b22-19-/t25-,26-,27+/m1/s1. The van der Waals surface area contributed by atoms with E-state index < -0.39 is 22.7 Å². The SMILES string of the molecule is C=CCCCCC/C=C\[C@H](C#CC#C[C@H](O)[C@@H](C)O[Si](C)(C)C(C)(C)C)O[Si](C)(C)C(C)(C)C. The normalized spacial score (nSPS) is 15.6. The molecule has 3 atom stereocenters. The van der Waals surface area contributed by atoms with Gasteiger partial charge in [0.05, 0.1) is 6.10 Å². The molecule has 0 fully saturated rings. The third-order valence-electron chi connectivity index (χ3n) is 7.05. The minimum atomic E-state index is -1.98. The molecule has 5 heteroatoms. The highest BCUT2D eigenvalue weighted by atomic mass is 28.4. The minimum Gasteiger partial charge on any atom is -0.411 e. The van der Waals surface area contributed by atoms with Crippen molar-refractivity contribution in [2.24, 2.45) is 0 Å². The Balaban J connectivity index is 5.29. The van der Waals surface area contributed by atoms with Gasteiger partial charge in [0.1, 0.15) is 12.2 Å². The molecule has 0 aromatic carbocycles. The molecule has 0 saturated carbocycles. The van der Waals surface area contributed by atoms with Crippen molar-refractivity contribution >= 4 is 16.6 Å². The molecule has 0 rings (SSSR count). The van der Waals surface area contributed by atoms with Crippen molar-refractivity contribution in [1.29, 1.82) is 0 Å². The maximum atomic E-state index is 10.5. The lowest BCUT2D eigenvalue weighted by Crippen LogP contribution is -2.45. The van der Waals surface area contributed by atoms with Crippen LogP contribution in [0.3, 0.4) is 0 Å². The van der Waals surface area contributed by atoms with Crippen molar-refractivity contribution in [3.8, 4) is 23.7 Å². The molecule has 0 aromatic heterocycles. The summed E-state index contributed by atoms with van der Waals surface area (Å²) in [4.78, 5) is 0. The molecule has 0 saturated heterocycles. The molecule has 0 unspecified atom stereocenters.